The normalized spacial score (nSPS) is 13.1. The molecule has 1 N–H and O–H groups in total. The van der Waals surface area contributed by atoms with Crippen molar-refractivity contribution in [3.63, 3.8) is 0 Å². The van der Waals surface area contributed by atoms with Gasteiger partial charge in [-0.05, 0) is 49.6 Å². The van der Waals surface area contributed by atoms with Gasteiger partial charge in [-0.25, -0.2) is 4.39 Å². The number of nitrogens with one attached hydrogen (secondary N) is 1. The molecule has 2 aromatic rings. The summed E-state index contributed by atoms with van der Waals surface area (Å²) < 4.78 is 24.4. The summed E-state index contributed by atoms with van der Waals surface area (Å²) in [5, 5.41) is 2.89. The number of benzene rings is 2. The molecule has 0 saturated heterocycles. The largest absolute Gasteiger partial charge is 0.467 e. The van der Waals surface area contributed by atoms with E-state index in [4.69, 9.17) is 9.47 Å². The Morgan fingerprint density at radius 1 is 1.25 bits per heavy atom. The summed E-state index contributed by atoms with van der Waals surface area (Å²) in [5.74, 6) is 0.226. The highest BCUT2D eigenvalue weighted by Crippen LogP contribution is 2.29. The van der Waals surface area contributed by atoms with E-state index in [1.807, 2.05) is 32.0 Å². The summed E-state index contributed by atoms with van der Waals surface area (Å²) in [6.45, 7) is 4.83. The third-order valence-electron chi connectivity index (χ3n) is 4.06. The van der Waals surface area contributed by atoms with Crippen molar-refractivity contribution in [2.45, 2.75) is 26.9 Å². The van der Waals surface area contributed by atoms with Crippen molar-refractivity contribution >= 4 is 5.91 Å². The molecule has 0 saturated carbocycles. The van der Waals surface area contributed by atoms with Crippen LogP contribution in [0, 0.1) is 19.7 Å². The highest BCUT2D eigenvalue weighted by atomic mass is 19.1. The van der Waals surface area contributed by atoms with Crippen molar-refractivity contribution in [3.8, 4) is 5.75 Å². The zero-order valence-corrected chi connectivity index (χ0v) is 13.8. The summed E-state index contributed by atoms with van der Waals surface area (Å²) in [7, 11) is 0. The Morgan fingerprint density at radius 2 is 2.08 bits per heavy atom. The molecule has 126 valence electrons. The smallest absolute Gasteiger partial charge is 0.251 e. The molecule has 0 radical (unpaired) electrons. The Bertz CT molecular complexity index is 773. The highest BCUT2D eigenvalue weighted by Gasteiger charge is 2.17. The quantitative estimate of drug-likeness (QED) is 0.936. The monoisotopic (exact) mass is 329 g/mol. The highest BCUT2D eigenvalue weighted by molar-refractivity contribution is 5.95. The SMILES string of the molecule is Cc1ccc(C(=O)NCCc2cc(F)cc3c2OCOC3)c(C)c1. The van der Waals surface area contributed by atoms with E-state index in [0.29, 0.717) is 36.4 Å². The third-order valence-corrected chi connectivity index (χ3v) is 4.06. The third kappa shape index (κ3) is 3.57. The molecule has 0 aliphatic carbocycles. The van der Waals surface area contributed by atoms with Gasteiger partial charge in [0.1, 0.15) is 11.6 Å². The molecule has 4 nitrogen and oxygen atoms in total. The lowest BCUT2D eigenvalue weighted by molar-refractivity contribution is -0.0172. The van der Waals surface area contributed by atoms with Gasteiger partial charge in [0.25, 0.3) is 5.91 Å². The molecule has 24 heavy (non-hydrogen) atoms. The van der Waals surface area contributed by atoms with Gasteiger partial charge in [-0.3, -0.25) is 4.79 Å². The van der Waals surface area contributed by atoms with Crippen LogP contribution in [0.3, 0.4) is 0 Å². The predicted octanol–water partition coefficient (Wildman–Crippen LogP) is 3.28. The van der Waals surface area contributed by atoms with Gasteiger partial charge in [0, 0.05) is 17.7 Å². The zero-order chi connectivity index (χ0) is 17.1. The second kappa shape index (κ2) is 7.01. The lowest BCUT2D eigenvalue weighted by Crippen LogP contribution is -2.26. The van der Waals surface area contributed by atoms with E-state index in [0.717, 1.165) is 16.7 Å². The lowest BCUT2D eigenvalue weighted by Gasteiger charge is -2.21. The molecule has 0 bridgehead atoms. The molecule has 0 unspecified atom stereocenters. The molecule has 1 aliphatic heterocycles. The summed E-state index contributed by atoms with van der Waals surface area (Å²) >= 11 is 0. The summed E-state index contributed by atoms with van der Waals surface area (Å²) in [5.41, 5.74) is 4.17. The Kier molecular flexibility index (Phi) is 4.81. The molecule has 1 heterocycles. The Balaban J connectivity index is 1.66. The van der Waals surface area contributed by atoms with Crippen molar-refractivity contribution < 1.29 is 18.7 Å². The van der Waals surface area contributed by atoms with Crippen molar-refractivity contribution in [2.24, 2.45) is 0 Å². The van der Waals surface area contributed by atoms with E-state index < -0.39 is 0 Å². The van der Waals surface area contributed by atoms with Crippen LogP contribution < -0.4 is 10.1 Å². The minimum absolute atomic E-state index is 0.123. The molecular formula is C19H20FNO3. The number of hydrogen-bond donors (Lipinski definition) is 1. The summed E-state index contributed by atoms with van der Waals surface area (Å²) in [4.78, 5) is 12.3. The van der Waals surface area contributed by atoms with Gasteiger partial charge in [0.15, 0.2) is 6.79 Å². The number of carbonyl (C=O) groups excluding carboxylic acids is 1. The second-order valence-corrected chi connectivity index (χ2v) is 5.99. The van der Waals surface area contributed by atoms with Gasteiger partial charge in [-0.2, -0.15) is 0 Å². The summed E-state index contributed by atoms with van der Waals surface area (Å²) in [6, 6.07) is 8.59. The van der Waals surface area contributed by atoms with E-state index >= 15 is 0 Å². The molecule has 0 fully saturated rings. The Labute approximate surface area is 140 Å². The van der Waals surface area contributed by atoms with E-state index in [9.17, 15) is 9.18 Å². The molecule has 0 spiro atoms. The first-order valence-electron chi connectivity index (χ1n) is 7.92. The standard InChI is InChI=1S/C19H20FNO3/c1-12-3-4-17(13(2)7-12)19(22)21-6-5-14-8-16(20)9-15-10-23-11-24-18(14)15/h3-4,7-9H,5-6,10-11H2,1-2H3,(H,21,22). The number of amides is 1. The molecule has 1 aliphatic rings. The first-order chi connectivity index (χ1) is 11.5. The minimum Gasteiger partial charge on any atom is -0.467 e. The lowest BCUT2D eigenvalue weighted by atomic mass is 10.0. The van der Waals surface area contributed by atoms with Crippen LogP contribution in [0.1, 0.15) is 32.6 Å². The van der Waals surface area contributed by atoms with Crippen LogP contribution in [0.5, 0.6) is 5.75 Å². The van der Waals surface area contributed by atoms with Crippen LogP contribution in [-0.4, -0.2) is 19.2 Å². The van der Waals surface area contributed by atoms with Gasteiger partial charge >= 0.3 is 0 Å². The Hall–Kier alpha value is -2.40. The predicted molar refractivity (Wildman–Crippen MR) is 88.6 cm³/mol. The summed E-state index contributed by atoms with van der Waals surface area (Å²) in [6.07, 6.45) is 0.497. The molecule has 2 aromatic carbocycles. The van der Waals surface area contributed by atoms with Gasteiger partial charge in [0.05, 0.1) is 6.61 Å². The van der Waals surface area contributed by atoms with E-state index in [-0.39, 0.29) is 18.5 Å². The maximum atomic E-state index is 13.7. The zero-order valence-electron chi connectivity index (χ0n) is 13.8. The number of aryl methyl sites for hydroxylation is 2. The van der Waals surface area contributed by atoms with E-state index in [1.54, 1.807) is 0 Å². The van der Waals surface area contributed by atoms with Crippen LogP contribution in [0.4, 0.5) is 4.39 Å². The second-order valence-electron chi connectivity index (χ2n) is 5.99. The van der Waals surface area contributed by atoms with E-state index in [1.165, 1.54) is 12.1 Å². The maximum Gasteiger partial charge on any atom is 0.251 e. The topological polar surface area (TPSA) is 47.6 Å². The molecular weight excluding hydrogens is 309 g/mol. The van der Waals surface area contributed by atoms with Gasteiger partial charge in [-0.1, -0.05) is 17.7 Å². The number of ether oxygens (including phenoxy) is 2. The molecule has 5 heteroatoms. The fourth-order valence-corrected chi connectivity index (χ4v) is 2.92. The number of carbonyl (C=O) groups is 1. The van der Waals surface area contributed by atoms with Crippen LogP contribution in [0.2, 0.25) is 0 Å². The first kappa shape index (κ1) is 16.5. The number of halogens is 1. The average molecular weight is 329 g/mol. The van der Waals surface area contributed by atoms with Crippen LogP contribution in [0.25, 0.3) is 0 Å². The van der Waals surface area contributed by atoms with Crippen LogP contribution >= 0.6 is 0 Å². The van der Waals surface area contributed by atoms with E-state index in [2.05, 4.69) is 5.32 Å². The number of fused-ring (bicyclic) bond motifs is 1. The van der Waals surface area contributed by atoms with Crippen LogP contribution in [-0.2, 0) is 17.8 Å². The van der Waals surface area contributed by atoms with Crippen molar-refractivity contribution in [3.05, 3.63) is 64.0 Å². The molecule has 0 atom stereocenters. The van der Waals surface area contributed by atoms with Crippen LogP contribution in [0.15, 0.2) is 30.3 Å². The molecule has 3 rings (SSSR count). The fraction of sp³-hybridized carbons (Fsp3) is 0.316. The number of rotatable bonds is 4. The maximum absolute atomic E-state index is 13.7. The average Bonchev–Trinajstić information content (AvgIpc) is 2.54. The van der Waals surface area contributed by atoms with Gasteiger partial charge < -0.3 is 14.8 Å². The van der Waals surface area contributed by atoms with Crippen molar-refractivity contribution in [1.82, 2.24) is 5.32 Å². The van der Waals surface area contributed by atoms with Gasteiger partial charge in [-0.15, -0.1) is 0 Å². The van der Waals surface area contributed by atoms with Crippen molar-refractivity contribution in [2.75, 3.05) is 13.3 Å². The molecule has 1 amide bonds. The number of hydrogen-bond acceptors (Lipinski definition) is 3. The Morgan fingerprint density at radius 3 is 2.88 bits per heavy atom. The first-order valence-corrected chi connectivity index (χ1v) is 7.92. The fourth-order valence-electron chi connectivity index (χ4n) is 2.92. The molecule has 0 aromatic heterocycles. The van der Waals surface area contributed by atoms with Gasteiger partial charge in [0.2, 0.25) is 0 Å². The minimum atomic E-state index is -0.321. The van der Waals surface area contributed by atoms with Crippen molar-refractivity contribution in [1.29, 1.82) is 0 Å².